The molecule has 1 aliphatic heterocycles. The molecule has 1 atom stereocenters. The van der Waals surface area contributed by atoms with Gasteiger partial charge in [0.15, 0.2) is 0 Å². The Morgan fingerprint density at radius 3 is 2.68 bits per heavy atom. The fraction of sp³-hybridized carbons (Fsp3) is 0.304. The summed E-state index contributed by atoms with van der Waals surface area (Å²) in [5.74, 6) is 0.248. The van der Waals surface area contributed by atoms with Gasteiger partial charge in [0, 0.05) is 24.6 Å². The maximum absolute atomic E-state index is 12.7. The monoisotopic (exact) mass is 436 g/mol. The van der Waals surface area contributed by atoms with Crippen molar-refractivity contribution in [3.05, 3.63) is 64.2 Å². The zero-order chi connectivity index (χ0) is 22.0. The molecule has 2 heterocycles. The fourth-order valence-electron chi connectivity index (χ4n) is 3.78. The molecule has 1 unspecified atom stereocenters. The highest BCUT2D eigenvalue weighted by atomic mass is 32.1. The van der Waals surface area contributed by atoms with Crippen LogP contribution in [0.25, 0.3) is 0 Å². The SMILES string of the molecule is CCOc1ccccc1C(=O)Nc1nnc(C2CC(=O)N(c3cc(C)cc(C)c3)C2)s1. The van der Waals surface area contributed by atoms with E-state index < -0.39 is 0 Å². The van der Waals surface area contributed by atoms with Crippen molar-refractivity contribution in [1.29, 1.82) is 0 Å². The quantitative estimate of drug-likeness (QED) is 0.622. The summed E-state index contributed by atoms with van der Waals surface area (Å²) in [7, 11) is 0. The van der Waals surface area contributed by atoms with Crippen LogP contribution in [-0.2, 0) is 4.79 Å². The summed E-state index contributed by atoms with van der Waals surface area (Å²) in [4.78, 5) is 27.1. The molecule has 1 aliphatic rings. The predicted molar refractivity (Wildman–Crippen MR) is 121 cm³/mol. The van der Waals surface area contributed by atoms with Crippen molar-refractivity contribution in [2.45, 2.75) is 33.1 Å². The normalized spacial score (nSPS) is 15.9. The van der Waals surface area contributed by atoms with E-state index in [9.17, 15) is 9.59 Å². The Hall–Kier alpha value is -3.26. The zero-order valence-electron chi connectivity index (χ0n) is 17.7. The summed E-state index contributed by atoms with van der Waals surface area (Å²) >= 11 is 1.30. The Labute approximate surface area is 185 Å². The molecule has 0 radical (unpaired) electrons. The second kappa shape index (κ2) is 8.85. The predicted octanol–water partition coefficient (Wildman–Crippen LogP) is 4.33. The van der Waals surface area contributed by atoms with Crippen LogP contribution in [0.4, 0.5) is 10.8 Å². The average Bonchev–Trinajstić information content (AvgIpc) is 3.34. The van der Waals surface area contributed by atoms with Crippen LogP contribution >= 0.6 is 11.3 Å². The summed E-state index contributed by atoms with van der Waals surface area (Å²) in [6.45, 7) is 6.95. The van der Waals surface area contributed by atoms with Gasteiger partial charge in [0.1, 0.15) is 10.8 Å². The van der Waals surface area contributed by atoms with Crippen LogP contribution < -0.4 is 15.0 Å². The van der Waals surface area contributed by atoms with E-state index in [2.05, 4.69) is 21.6 Å². The van der Waals surface area contributed by atoms with Gasteiger partial charge >= 0.3 is 0 Å². The van der Waals surface area contributed by atoms with Crippen LogP contribution in [0.15, 0.2) is 42.5 Å². The zero-order valence-corrected chi connectivity index (χ0v) is 18.5. The molecule has 1 N–H and O–H groups in total. The maximum Gasteiger partial charge on any atom is 0.261 e. The molecule has 2 aromatic carbocycles. The molecule has 3 aromatic rings. The largest absolute Gasteiger partial charge is 0.493 e. The summed E-state index contributed by atoms with van der Waals surface area (Å²) in [6, 6.07) is 13.2. The first-order valence-corrected chi connectivity index (χ1v) is 11.0. The van der Waals surface area contributed by atoms with Crippen molar-refractivity contribution < 1.29 is 14.3 Å². The van der Waals surface area contributed by atoms with Crippen LogP contribution in [0.5, 0.6) is 5.75 Å². The summed E-state index contributed by atoms with van der Waals surface area (Å²) in [6.07, 6.45) is 0.378. The van der Waals surface area contributed by atoms with Crippen molar-refractivity contribution >= 4 is 34.0 Å². The molecular weight excluding hydrogens is 412 g/mol. The number of carbonyl (C=O) groups excluding carboxylic acids is 2. The first-order valence-electron chi connectivity index (χ1n) is 10.2. The van der Waals surface area contributed by atoms with Crippen LogP contribution in [0, 0.1) is 13.8 Å². The van der Waals surface area contributed by atoms with Crippen molar-refractivity contribution in [1.82, 2.24) is 10.2 Å². The molecule has 1 fully saturated rings. The van der Waals surface area contributed by atoms with Crippen molar-refractivity contribution in [3.8, 4) is 5.75 Å². The van der Waals surface area contributed by atoms with Crippen molar-refractivity contribution in [3.63, 3.8) is 0 Å². The minimum absolute atomic E-state index is 0.0489. The van der Waals surface area contributed by atoms with Gasteiger partial charge in [-0.1, -0.05) is 29.5 Å². The number of carbonyl (C=O) groups is 2. The molecule has 2 amide bonds. The highest BCUT2D eigenvalue weighted by Gasteiger charge is 2.34. The number of amides is 2. The number of nitrogens with zero attached hydrogens (tertiary/aromatic N) is 3. The first-order chi connectivity index (χ1) is 14.9. The van der Waals surface area contributed by atoms with E-state index in [1.807, 2.05) is 43.9 Å². The lowest BCUT2D eigenvalue weighted by Crippen LogP contribution is -2.24. The van der Waals surface area contributed by atoms with Gasteiger partial charge < -0.3 is 9.64 Å². The Bertz CT molecular complexity index is 1110. The lowest BCUT2D eigenvalue weighted by atomic mass is 10.1. The minimum Gasteiger partial charge on any atom is -0.493 e. The van der Waals surface area contributed by atoms with E-state index in [4.69, 9.17) is 4.74 Å². The first kappa shape index (κ1) is 21.0. The lowest BCUT2D eigenvalue weighted by molar-refractivity contribution is -0.117. The molecule has 0 saturated carbocycles. The number of aryl methyl sites for hydroxylation is 2. The summed E-state index contributed by atoms with van der Waals surface area (Å²) < 4.78 is 5.53. The molecule has 1 aromatic heterocycles. The molecule has 31 heavy (non-hydrogen) atoms. The van der Waals surface area contributed by atoms with E-state index in [0.717, 1.165) is 21.8 Å². The number of para-hydroxylation sites is 1. The highest BCUT2D eigenvalue weighted by Crippen LogP contribution is 2.35. The van der Waals surface area contributed by atoms with E-state index in [-0.39, 0.29) is 17.7 Å². The number of benzene rings is 2. The van der Waals surface area contributed by atoms with E-state index in [1.165, 1.54) is 11.3 Å². The summed E-state index contributed by atoms with van der Waals surface area (Å²) in [5, 5.41) is 12.3. The highest BCUT2D eigenvalue weighted by molar-refractivity contribution is 7.15. The van der Waals surface area contributed by atoms with Gasteiger partial charge in [-0.2, -0.15) is 0 Å². The Kier molecular flexibility index (Phi) is 5.99. The molecule has 4 rings (SSSR count). The third-order valence-electron chi connectivity index (χ3n) is 5.09. The molecule has 0 aliphatic carbocycles. The van der Waals surface area contributed by atoms with Gasteiger partial charge in [0.05, 0.1) is 12.2 Å². The van der Waals surface area contributed by atoms with E-state index in [1.54, 1.807) is 18.2 Å². The van der Waals surface area contributed by atoms with E-state index >= 15 is 0 Å². The fourth-order valence-corrected chi connectivity index (χ4v) is 4.61. The second-order valence-electron chi connectivity index (χ2n) is 7.58. The van der Waals surface area contributed by atoms with Gasteiger partial charge in [0.2, 0.25) is 11.0 Å². The number of nitrogens with one attached hydrogen (secondary N) is 1. The maximum atomic E-state index is 12.7. The van der Waals surface area contributed by atoms with Crippen molar-refractivity contribution in [2.75, 3.05) is 23.4 Å². The van der Waals surface area contributed by atoms with Crippen molar-refractivity contribution in [2.24, 2.45) is 0 Å². The molecular formula is C23H24N4O3S. The van der Waals surface area contributed by atoms with Crippen LogP contribution in [0.3, 0.4) is 0 Å². The smallest absolute Gasteiger partial charge is 0.261 e. The number of aromatic nitrogens is 2. The van der Waals surface area contributed by atoms with Gasteiger partial charge in [-0.25, -0.2) is 0 Å². The number of hydrogen-bond acceptors (Lipinski definition) is 6. The van der Waals surface area contributed by atoms with Crippen LogP contribution in [0.1, 0.15) is 45.8 Å². The molecule has 0 bridgehead atoms. The number of anilines is 2. The molecule has 0 spiro atoms. The van der Waals surface area contributed by atoms with Gasteiger partial charge in [-0.05, 0) is 56.2 Å². The molecule has 160 valence electrons. The topological polar surface area (TPSA) is 84.4 Å². The Balaban J connectivity index is 1.47. The summed E-state index contributed by atoms with van der Waals surface area (Å²) in [5.41, 5.74) is 3.60. The van der Waals surface area contributed by atoms with E-state index in [0.29, 0.717) is 36.0 Å². The number of ether oxygens (including phenoxy) is 1. The number of rotatable bonds is 6. The van der Waals surface area contributed by atoms with Gasteiger partial charge in [-0.3, -0.25) is 14.9 Å². The molecule has 8 heteroatoms. The third-order valence-corrected chi connectivity index (χ3v) is 6.09. The van der Waals surface area contributed by atoms with Crippen LogP contribution in [-0.4, -0.2) is 35.2 Å². The second-order valence-corrected chi connectivity index (χ2v) is 8.59. The lowest BCUT2D eigenvalue weighted by Gasteiger charge is -2.17. The average molecular weight is 437 g/mol. The minimum atomic E-state index is -0.300. The Morgan fingerprint density at radius 2 is 1.94 bits per heavy atom. The van der Waals surface area contributed by atoms with Gasteiger partial charge in [-0.15, -0.1) is 10.2 Å². The van der Waals surface area contributed by atoms with Gasteiger partial charge in [0.25, 0.3) is 5.91 Å². The standard InChI is InChI=1S/C23H24N4O3S/c1-4-30-19-8-6-5-7-18(19)21(29)24-23-26-25-22(31-23)16-12-20(28)27(13-16)17-10-14(2)9-15(3)11-17/h5-11,16H,4,12-13H2,1-3H3,(H,24,26,29). The third kappa shape index (κ3) is 4.59. The van der Waals surface area contributed by atoms with Crippen LogP contribution in [0.2, 0.25) is 0 Å². The molecule has 1 saturated heterocycles. The molecule has 7 nitrogen and oxygen atoms in total. The Morgan fingerprint density at radius 1 is 1.19 bits per heavy atom. The number of hydrogen-bond donors (Lipinski definition) is 1.